The van der Waals surface area contributed by atoms with E-state index >= 15 is 4.39 Å². The second-order valence-electron chi connectivity index (χ2n) is 8.81. The van der Waals surface area contributed by atoms with E-state index in [9.17, 15) is 4.39 Å². The smallest absolute Gasteiger partial charge is 0.175 e. The summed E-state index contributed by atoms with van der Waals surface area (Å²) in [5.74, 6) is 1.48. The van der Waals surface area contributed by atoms with Gasteiger partial charge in [-0.1, -0.05) is 18.7 Å². The number of aromatic nitrogens is 3. The van der Waals surface area contributed by atoms with E-state index in [1.54, 1.807) is 11.1 Å². The maximum Gasteiger partial charge on any atom is 0.175 e. The lowest BCUT2D eigenvalue weighted by molar-refractivity contribution is -0.0293. The van der Waals surface area contributed by atoms with E-state index in [0.29, 0.717) is 5.82 Å². The Morgan fingerprint density at radius 1 is 1.20 bits per heavy atom. The van der Waals surface area contributed by atoms with Crippen molar-refractivity contribution in [1.82, 2.24) is 19.4 Å². The minimum absolute atomic E-state index is 0.129. The van der Waals surface area contributed by atoms with Gasteiger partial charge >= 0.3 is 0 Å². The molecule has 30 heavy (non-hydrogen) atoms. The molecule has 0 aliphatic carbocycles. The summed E-state index contributed by atoms with van der Waals surface area (Å²) in [4.78, 5) is 10.5. The Bertz CT molecular complexity index is 1110. The fraction of sp³-hybridized carbons (Fsp3) is 0.391. The number of aryl methyl sites for hydroxylation is 1. The average Bonchev–Trinajstić information content (AvgIpc) is 2.97. The van der Waals surface area contributed by atoms with Gasteiger partial charge in [0.25, 0.3) is 0 Å². The number of hydrogen-bond acceptors (Lipinski definition) is 4. The molecule has 1 aliphatic rings. The van der Waals surface area contributed by atoms with Crippen LogP contribution in [-0.4, -0.2) is 50.4 Å². The first-order valence-electron chi connectivity index (χ1n) is 9.99. The van der Waals surface area contributed by atoms with Gasteiger partial charge in [-0.05, 0) is 38.3 Å². The minimum atomic E-state index is -1.59. The summed E-state index contributed by atoms with van der Waals surface area (Å²) in [6.45, 7) is 9.30. The average molecular weight is 412 g/mol. The molecule has 1 fully saturated rings. The molecule has 0 atom stereocenters. The second kappa shape index (κ2) is 7.16. The third kappa shape index (κ3) is 3.94. The first-order chi connectivity index (χ1) is 14.0. The van der Waals surface area contributed by atoms with Crippen molar-refractivity contribution in [3.63, 3.8) is 0 Å². The Morgan fingerprint density at radius 2 is 1.93 bits per heavy atom. The molecule has 1 saturated heterocycles. The molecule has 0 saturated carbocycles. The van der Waals surface area contributed by atoms with Gasteiger partial charge in [0.15, 0.2) is 5.67 Å². The van der Waals surface area contributed by atoms with E-state index in [1.165, 1.54) is 13.8 Å². The number of hydrogen-bond donors (Lipinski definition) is 1. The van der Waals surface area contributed by atoms with Gasteiger partial charge in [0.1, 0.15) is 17.3 Å². The van der Waals surface area contributed by atoms with Crippen molar-refractivity contribution in [2.75, 3.05) is 25.0 Å². The standard InChI is InChI=1S/C23H27F2N5/c1-15(23(25)13-30(14-23)12-22(3,4)24)28-21-9-19-8-17(6-7-18(19)10-27-21)20-11-26-16(2)29(20)5/h6-11H,1,12-14H2,2-5H3,(H,27,28). The van der Waals surface area contributed by atoms with Crippen LogP contribution in [0, 0.1) is 6.92 Å². The van der Waals surface area contributed by atoms with Gasteiger partial charge in [-0.15, -0.1) is 0 Å². The van der Waals surface area contributed by atoms with E-state index in [-0.39, 0.29) is 25.3 Å². The summed E-state index contributed by atoms with van der Waals surface area (Å²) in [6, 6.07) is 8.01. The molecule has 0 radical (unpaired) electrons. The van der Waals surface area contributed by atoms with Gasteiger partial charge in [-0.3, -0.25) is 4.90 Å². The van der Waals surface area contributed by atoms with E-state index in [0.717, 1.165) is 27.9 Å². The lowest BCUT2D eigenvalue weighted by Gasteiger charge is -2.46. The van der Waals surface area contributed by atoms with Crippen molar-refractivity contribution in [2.45, 2.75) is 32.1 Å². The topological polar surface area (TPSA) is 46.0 Å². The maximum atomic E-state index is 15.1. The fourth-order valence-corrected chi connectivity index (χ4v) is 3.90. The maximum absolute atomic E-state index is 15.1. The zero-order chi connectivity index (χ0) is 21.7. The molecule has 2 aromatic heterocycles. The predicted octanol–water partition coefficient (Wildman–Crippen LogP) is 4.64. The molecule has 158 valence electrons. The van der Waals surface area contributed by atoms with Crippen LogP contribution in [0.1, 0.15) is 19.7 Å². The molecule has 0 bridgehead atoms. The molecular weight excluding hydrogens is 384 g/mol. The van der Waals surface area contributed by atoms with Gasteiger partial charge in [0.05, 0.1) is 11.9 Å². The van der Waals surface area contributed by atoms with Gasteiger partial charge in [-0.2, -0.15) is 0 Å². The molecule has 5 nitrogen and oxygen atoms in total. The molecular formula is C23H27F2N5. The Balaban J connectivity index is 1.51. The molecule has 3 aromatic rings. The van der Waals surface area contributed by atoms with Crippen LogP contribution in [0.3, 0.4) is 0 Å². The molecule has 7 heteroatoms. The number of nitrogens with zero attached hydrogens (tertiary/aromatic N) is 4. The summed E-state index contributed by atoms with van der Waals surface area (Å²) in [5.41, 5.74) is -0.610. The summed E-state index contributed by atoms with van der Waals surface area (Å²) in [7, 11) is 1.98. The van der Waals surface area contributed by atoms with Crippen LogP contribution in [0.4, 0.5) is 14.6 Å². The summed E-state index contributed by atoms with van der Waals surface area (Å²) < 4.78 is 30.9. The molecule has 3 heterocycles. The van der Waals surface area contributed by atoms with E-state index in [1.807, 2.05) is 42.9 Å². The van der Waals surface area contributed by atoms with Gasteiger partial charge in [0.2, 0.25) is 0 Å². The number of likely N-dealkylation sites (tertiary alicyclic amines) is 1. The highest BCUT2D eigenvalue weighted by atomic mass is 19.1. The SMILES string of the molecule is C=C(Nc1cc2cc(-c3cnc(C)n3C)ccc2cn1)C1(F)CN(CC(C)(C)F)C1. The largest absolute Gasteiger partial charge is 0.341 e. The Morgan fingerprint density at radius 3 is 2.57 bits per heavy atom. The summed E-state index contributed by atoms with van der Waals surface area (Å²) in [5, 5.41) is 4.99. The highest BCUT2D eigenvalue weighted by molar-refractivity contribution is 5.88. The van der Waals surface area contributed by atoms with Crippen molar-refractivity contribution in [2.24, 2.45) is 7.05 Å². The molecule has 1 N–H and O–H groups in total. The number of fused-ring (bicyclic) bond motifs is 1. The Labute approximate surface area is 175 Å². The lowest BCUT2D eigenvalue weighted by Crippen LogP contribution is -2.62. The van der Waals surface area contributed by atoms with E-state index < -0.39 is 11.3 Å². The zero-order valence-electron chi connectivity index (χ0n) is 17.8. The number of imidazole rings is 1. The van der Waals surface area contributed by atoms with Crippen LogP contribution in [0.5, 0.6) is 0 Å². The van der Waals surface area contributed by atoms with E-state index in [4.69, 9.17) is 0 Å². The van der Waals surface area contributed by atoms with Crippen LogP contribution < -0.4 is 5.32 Å². The van der Waals surface area contributed by atoms with Crippen molar-refractivity contribution < 1.29 is 8.78 Å². The Kier molecular flexibility index (Phi) is 4.89. The predicted molar refractivity (Wildman–Crippen MR) is 117 cm³/mol. The number of anilines is 1. The molecule has 1 aromatic carbocycles. The second-order valence-corrected chi connectivity index (χ2v) is 8.81. The number of nitrogens with one attached hydrogen (secondary N) is 1. The number of rotatable bonds is 6. The lowest BCUT2D eigenvalue weighted by atomic mass is 9.91. The van der Waals surface area contributed by atoms with Gasteiger partial charge < -0.3 is 9.88 Å². The van der Waals surface area contributed by atoms with Crippen molar-refractivity contribution in [3.8, 4) is 11.3 Å². The summed E-state index contributed by atoms with van der Waals surface area (Å²) >= 11 is 0. The van der Waals surface area contributed by atoms with Crippen LogP contribution in [0.15, 0.2) is 48.9 Å². The highest BCUT2D eigenvalue weighted by Crippen LogP contribution is 2.34. The fourth-order valence-electron chi connectivity index (χ4n) is 3.90. The minimum Gasteiger partial charge on any atom is -0.341 e. The molecule has 0 spiro atoms. The normalized spacial score (nSPS) is 16.5. The van der Waals surface area contributed by atoms with E-state index in [2.05, 4.69) is 27.9 Å². The molecule has 4 rings (SSSR count). The Hall–Kier alpha value is -2.80. The van der Waals surface area contributed by atoms with Crippen LogP contribution >= 0.6 is 0 Å². The monoisotopic (exact) mass is 411 g/mol. The van der Waals surface area contributed by atoms with Crippen LogP contribution in [0.2, 0.25) is 0 Å². The third-order valence-electron chi connectivity index (χ3n) is 5.61. The zero-order valence-corrected chi connectivity index (χ0v) is 17.8. The number of benzene rings is 1. The van der Waals surface area contributed by atoms with Crippen molar-refractivity contribution in [3.05, 3.63) is 54.8 Å². The third-order valence-corrected chi connectivity index (χ3v) is 5.61. The molecule has 1 aliphatic heterocycles. The number of pyridine rings is 1. The summed E-state index contributed by atoms with van der Waals surface area (Å²) in [6.07, 6.45) is 3.61. The van der Waals surface area contributed by atoms with Crippen molar-refractivity contribution >= 4 is 16.6 Å². The molecule has 0 amide bonds. The van der Waals surface area contributed by atoms with Gasteiger partial charge in [-0.25, -0.2) is 18.7 Å². The van der Waals surface area contributed by atoms with Crippen LogP contribution in [-0.2, 0) is 7.05 Å². The molecule has 0 unspecified atom stereocenters. The number of halogens is 2. The quantitative estimate of drug-likeness (QED) is 0.642. The van der Waals surface area contributed by atoms with Crippen molar-refractivity contribution in [1.29, 1.82) is 0 Å². The van der Waals surface area contributed by atoms with Crippen LogP contribution in [0.25, 0.3) is 22.0 Å². The number of alkyl halides is 2. The highest BCUT2D eigenvalue weighted by Gasteiger charge is 2.47. The first-order valence-corrected chi connectivity index (χ1v) is 9.99. The first kappa shape index (κ1) is 20.5. The van der Waals surface area contributed by atoms with Gasteiger partial charge in [0, 0.05) is 49.5 Å².